The first kappa shape index (κ1) is 17.4. The Hall–Kier alpha value is -1.00. The van der Waals surface area contributed by atoms with Gasteiger partial charge in [0.15, 0.2) is 0 Å². The summed E-state index contributed by atoms with van der Waals surface area (Å²) >= 11 is 0. The lowest BCUT2D eigenvalue weighted by Crippen LogP contribution is -2.52. The molecule has 9 heteroatoms. The summed E-state index contributed by atoms with van der Waals surface area (Å²) in [7, 11) is -5.95. The van der Waals surface area contributed by atoms with Crippen molar-refractivity contribution in [2.75, 3.05) is 20.1 Å². The van der Waals surface area contributed by atoms with Crippen LogP contribution in [0.3, 0.4) is 0 Å². The number of hydrogen-bond donors (Lipinski definition) is 3. The molecule has 1 aliphatic rings. The van der Waals surface area contributed by atoms with Gasteiger partial charge in [-0.1, -0.05) is 0 Å². The van der Waals surface area contributed by atoms with Crippen LogP contribution in [0.25, 0.3) is 0 Å². The van der Waals surface area contributed by atoms with Gasteiger partial charge in [-0.05, 0) is 64.2 Å². The highest BCUT2D eigenvalue weighted by molar-refractivity contribution is 7.90. The first-order chi connectivity index (χ1) is 10.2. The quantitative estimate of drug-likeness (QED) is 0.696. The van der Waals surface area contributed by atoms with E-state index in [1.165, 1.54) is 31.3 Å². The molecule has 0 aromatic heterocycles. The van der Waals surface area contributed by atoms with E-state index in [1.54, 1.807) is 0 Å². The summed E-state index contributed by atoms with van der Waals surface area (Å²) in [6.45, 7) is 3.40. The number of benzene rings is 1. The summed E-state index contributed by atoms with van der Waals surface area (Å²) in [5.41, 5.74) is -0.486. The van der Waals surface area contributed by atoms with Crippen molar-refractivity contribution in [3.05, 3.63) is 24.3 Å². The minimum Gasteiger partial charge on any atom is -0.317 e. The van der Waals surface area contributed by atoms with Crippen LogP contribution in [0.2, 0.25) is 0 Å². The average molecular weight is 347 g/mol. The van der Waals surface area contributed by atoms with E-state index in [1.807, 2.05) is 6.92 Å². The van der Waals surface area contributed by atoms with Crippen LogP contribution in [-0.4, -0.2) is 42.5 Å². The third kappa shape index (κ3) is 3.85. The maximum Gasteiger partial charge on any atom is 0.241 e. The lowest BCUT2D eigenvalue weighted by Gasteiger charge is -2.34. The van der Waals surface area contributed by atoms with Gasteiger partial charge in [-0.15, -0.1) is 0 Å². The largest absolute Gasteiger partial charge is 0.317 e. The van der Waals surface area contributed by atoms with Gasteiger partial charge in [-0.3, -0.25) is 0 Å². The third-order valence-corrected chi connectivity index (χ3v) is 6.89. The zero-order chi connectivity index (χ0) is 16.4. The molecule has 0 radical (unpaired) electrons. The van der Waals surface area contributed by atoms with Crippen molar-refractivity contribution in [1.82, 2.24) is 14.8 Å². The predicted molar refractivity (Wildman–Crippen MR) is 83.5 cm³/mol. The summed E-state index contributed by atoms with van der Waals surface area (Å²) in [5.74, 6) is 0. The molecule has 0 amide bonds. The van der Waals surface area contributed by atoms with Gasteiger partial charge in [0.05, 0.1) is 9.79 Å². The highest BCUT2D eigenvalue weighted by Crippen LogP contribution is 2.22. The molecule has 0 atom stereocenters. The van der Waals surface area contributed by atoms with Crippen LogP contribution in [0.1, 0.15) is 19.8 Å². The molecule has 22 heavy (non-hydrogen) atoms. The molecule has 1 heterocycles. The molecule has 1 saturated heterocycles. The van der Waals surface area contributed by atoms with Gasteiger partial charge in [-0.2, -0.15) is 0 Å². The first-order valence-electron chi connectivity index (χ1n) is 6.97. The minimum atomic E-state index is -3.68. The smallest absolute Gasteiger partial charge is 0.241 e. The topological polar surface area (TPSA) is 104 Å². The van der Waals surface area contributed by atoms with Crippen molar-refractivity contribution in [3.63, 3.8) is 0 Å². The molecule has 3 N–H and O–H groups in total. The average Bonchev–Trinajstić information content (AvgIpc) is 2.47. The summed E-state index contributed by atoms with van der Waals surface area (Å²) in [4.78, 5) is 0.0874. The molecule has 0 unspecified atom stereocenters. The molecule has 0 bridgehead atoms. The zero-order valence-electron chi connectivity index (χ0n) is 12.6. The van der Waals surface area contributed by atoms with Gasteiger partial charge < -0.3 is 5.32 Å². The number of rotatable bonds is 5. The van der Waals surface area contributed by atoms with E-state index in [-0.39, 0.29) is 9.79 Å². The minimum absolute atomic E-state index is 0.0297. The van der Waals surface area contributed by atoms with Crippen molar-refractivity contribution in [3.8, 4) is 0 Å². The van der Waals surface area contributed by atoms with Gasteiger partial charge in [0.1, 0.15) is 0 Å². The van der Waals surface area contributed by atoms with Gasteiger partial charge in [0.2, 0.25) is 20.0 Å². The number of piperidine rings is 1. The zero-order valence-corrected chi connectivity index (χ0v) is 14.2. The van der Waals surface area contributed by atoms with Crippen LogP contribution in [0.4, 0.5) is 0 Å². The van der Waals surface area contributed by atoms with E-state index in [2.05, 4.69) is 14.8 Å². The summed E-state index contributed by atoms with van der Waals surface area (Å²) < 4.78 is 53.1. The normalized spacial score (nSPS) is 19.0. The molecule has 0 aliphatic carbocycles. The second kappa shape index (κ2) is 6.25. The molecule has 1 aromatic rings. The molecule has 0 spiro atoms. The van der Waals surface area contributed by atoms with Crippen LogP contribution in [0.5, 0.6) is 0 Å². The Morgan fingerprint density at radius 3 is 1.86 bits per heavy atom. The van der Waals surface area contributed by atoms with Crippen molar-refractivity contribution >= 4 is 20.0 Å². The fourth-order valence-electron chi connectivity index (χ4n) is 2.38. The second-order valence-electron chi connectivity index (χ2n) is 5.60. The summed E-state index contributed by atoms with van der Waals surface area (Å²) in [5, 5.41) is 3.19. The fourth-order valence-corrected chi connectivity index (χ4v) is 4.57. The molecule has 7 nitrogen and oxygen atoms in total. The van der Waals surface area contributed by atoms with Gasteiger partial charge in [0, 0.05) is 5.54 Å². The van der Waals surface area contributed by atoms with Crippen LogP contribution in [-0.2, 0) is 20.0 Å². The van der Waals surface area contributed by atoms with Crippen LogP contribution in [0, 0.1) is 0 Å². The maximum atomic E-state index is 12.4. The van der Waals surface area contributed by atoms with Crippen LogP contribution in [0.15, 0.2) is 34.1 Å². The molecular weight excluding hydrogens is 326 g/mol. The fraction of sp³-hybridized carbons (Fsp3) is 0.538. The highest BCUT2D eigenvalue weighted by Gasteiger charge is 2.32. The van der Waals surface area contributed by atoms with E-state index < -0.39 is 25.6 Å². The molecule has 1 fully saturated rings. The Balaban J connectivity index is 2.23. The van der Waals surface area contributed by atoms with Gasteiger partial charge in [0.25, 0.3) is 0 Å². The summed E-state index contributed by atoms with van der Waals surface area (Å²) in [6.07, 6.45) is 1.41. The van der Waals surface area contributed by atoms with Crippen molar-refractivity contribution < 1.29 is 16.8 Å². The standard InChI is InChI=1S/C13H21N3O4S2/c1-13(7-9-15-10-8-13)16-22(19,20)12-5-3-11(4-6-12)21(17,18)14-2/h3-6,14-16H,7-10H2,1-2H3. The molecular formula is C13H21N3O4S2. The SMILES string of the molecule is CNS(=O)(=O)c1ccc(S(=O)(=O)NC2(C)CCNCC2)cc1. The van der Waals surface area contributed by atoms with Crippen LogP contribution < -0.4 is 14.8 Å². The molecule has 1 aromatic carbocycles. The van der Waals surface area contributed by atoms with Crippen LogP contribution >= 0.6 is 0 Å². The van der Waals surface area contributed by atoms with Crippen molar-refractivity contribution in [1.29, 1.82) is 0 Å². The Morgan fingerprint density at radius 2 is 1.41 bits per heavy atom. The molecule has 1 aliphatic heterocycles. The highest BCUT2D eigenvalue weighted by atomic mass is 32.2. The Morgan fingerprint density at radius 1 is 0.955 bits per heavy atom. The van der Waals surface area contributed by atoms with E-state index in [4.69, 9.17) is 0 Å². The van der Waals surface area contributed by atoms with Gasteiger partial charge in [-0.25, -0.2) is 26.3 Å². The molecule has 0 saturated carbocycles. The molecule has 124 valence electrons. The Labute approximate surface area is 131 Å². The summed E-state index contributed by atoms with van der Waals surface area (Å²) in [6, 6.07) is 5.17. The number of sulfonamides is 2. The Kier molecular flexibility index (Phi) is 4.93. The first-order valence-corrected chi connectivity index (χ1v) is 9.94. The Bertz CT molecular complexity index is 721. The predicted octanol–water partition coefficient (Wildman–Crippen LogP) is 0.0151. The second-order valence-corrected chi connectivity index (χ2v) is 9.16. The van der Waals surface area contributed by atoms with E-state index in [0.717, 1.165) is 13.1 Å². The lowest BCUT2D eigenvalue weighted by atomic mass is 9.92. The molecule has 2 rings (SSSR count). The number of nitrogens with one attached hydrogen (secondary N) is 3. The van der Waals surface area contributed by atoms with Crippen molar-refractivity contribution in [2.24, 2.45) is 0 Å². The van der Waals surface area contributed by atoms with E-state index in [0.29, 0.717) is 12.8 Å². The van der Waals surface area contributed by atoms with Gasteiger partial charge >= 0.3 is 0 Å². The lowest BCUT2D eigenvalue weighted by molar-refractivity contribution is 0.308. The number of hydrogen-bond acceptors (Lipinski definition) is 5. The third-order valence-electron chi connectivity index (χ3n) is 3.80. The van der Waals surface area contributed by atoms with Crippen molar-refractivity contribution in [2.45, 2.75) is 35.1 Å². The van der Waals surface area contributed by atoms with E-state index >= 15 is 0 Å². The van der Waals surface area contributed by atoms with E-state index in [9.17, 15) is 16.8 Å². The maximum absolute atomic E-state index is 12.4. The monoisotopic (exact) mass is 347 g/mol.